The van der Waals surface area contributed by atoms with Crippen LogP contribution >= 0.6 is 0 Å². The molecule has 0 radical (unpaired) electrons. The van der Waals surface area contributed by atoms with Crippen LogP contribution in [0.1, 0.15) is 0 Å². The van der Waals surface area contributed by atoms with Gasteiger partial charge in [-0.25, -0.2) is 9.97 Å². The lowest BCUT2D eigenvalue weighted by molar-refractivity contribution is 0.417. The van der Waals surface area contributed by atoms with E-state index in [-0.39, 0.29) is 0 Å². The number of aromatic nitrogens is 2. The Morgan fingerprint density at radius 1 is 0.862 bits per heavy atom. The van der Waals surface area contributed by atoms with Gasteiger partial charge in [0.15, 0.2) is 0 Å². The predicted octanol–water partition coefficient (Wildman–Crippen LogP) is 5.27. The van der Waals surface area contributed by atoms with Gasteiger partial charge in [0.25, 0.3) is 0 Å². The Morgan fingerprint density at radius 3 is 2.48 bits per heavy atom. The molecule has 1 heterocycles. The van der Waals surface area contributed by atoms with E-state index in [0.717, 1.165) is 28.4 Å². The molecule has 0 fully saturated rings. The Kier molecular flexibility index (Phi) is 5.25. The monoisotopic (exact) mass is 384 g/mol. The van der Waals surface area contributed by atoms with Crippen molar-refractivity contribution in [2.75, 3.05) is 18.2 Å². The van der Waals surface area contributed by atoms with Crippen LogP contribution in [0.25, 0.3) is 11.3 Å². The van der Waals surface area contributed by atoms with Crippen LogP contribution in [0.4, 0.5) is 17.3 Å². The summed E-state index contributed by atoms with van der Waals surface area (Å²) in [7, 11) is 1.59. The van der Waals surface area contributed by atoms with Crippen LogP contribution in [0.5, 0.6) is 17.2 Å². The third-order valence-electron chi connectivity index (χ3n) is 4.25. The average molecular weight is 384 g/mol. The Morgan fingerprint density at radius 2 is 1.69 bits per heavy atom. The highest BCUT2D eigenvalue weighted by Crippen LogP contribution is 2.28. The lowest BCUT2D eigenvalue weighted by Crippen LogP contribution is -1.99. The van der Waals surface area contributed by atoms with Gasteiger partial charge in [0.2, 0.25) is 5.95 Å². The zero-order valence-corrected chi connectivity index (χ0v) is 15.9. The second-order valence-electron chi connectivity index (χ2n) is 6.29. The van der Waals surface area contributed by atoms with Crippen molar-refractivity contribution in [2.45, 2.75) is 0 Å². The summed E-state index contributed by atoms with van der Waals surface area (Å²) in [6.45, 7) is 0. The lowest BCUT2D eigenvalue weighted by Gasteiger charge is -2.10. The molecule has 6 nitrogen and oxygen atoms in total. The molecule has 4 aromatic rings. The van der Waals surface area contributed by atoms with Crippen LogP contribution in [-0.2, 0) is 0 Å². The van der Waals surface area contributed by atoms with Crippen LogP contribution < -0.4 is 20.5 Å². The topological polar surface area (TPSA) is 82.3 Å². The largest absolute Gasteiger partial charge is 0.495 e. The van der Waals surface area contributed by atoms with Crippen molar-refractivity contribution >= 4 is 17.3 Å². The van der Waals surface area contributed by atoms with E-state index in [1.54, 1.807) is 13.3 Å². The minimum atomic E-state index is 0.480. The maximum absolute atomic E-state index is 6.01. The molecule has 4 rings (SSSR count). The van der Waals surface area contributed by atoms with Crippen LogP contribution in [0.3, 0.4) is 0 Å². The normalized spacial score (nSPS) is 10.4. The van der Waals surface area contributed by atoms with Crippen molar-refractivity contribution in [3.8, 4) is 28.5 Å². The molecule has 0 bridgehead atoms. The zero-order chi connectivity index (χ0) is 20.1. The maximum Gasteiger partial charge on any atom is 0.227 e. The number of anilines is 3. The van der Waals surface area contributed by atoms with Crippen molar-refractivity contribution < 1.29 is 9.47 Å². The summed E-state index contributed by atoms with van der Waals surface area (Å²) in [6, 6.07) is 24.7. The number of nitrogens with two attached hydrogens (primary N) is 1. The molecule has 0 aliphatic carbocycles. The van der Waals surface area contributed by atoms with Gasteiger partial charge in [-0.3, -0.25) is 0 Å². The van der Waals surface area contributed by atoms with Gasteiger partial charge in [0.05, 0.1) is 18.5 Å². The van der Waals surface area contributed by atoms with E-state index in [1.165, 1.54) is 0 Å². The summed E-state index contributed by atoms with van der Waals surface area (Å²) in [4.78, 5) is 8.90. The fraction of sp³-hybridized carbons (Fsp3) is 0.0435. The quantitative estimate of drug-likeness (QED) is 0.441. The van der Waals surface area contributed by atoms with Gasteiger partial charge >= 0.3 is 0 Å². The van der Waals surface area contributed by atoms with Crippen LogP contribution in [0.15, 0.2) is 85.1 Å². The number of rotatable bonds is 6. The number of nitrogen functional groups attached to an aromatic ring is 1. The molecule has 0 spiro atoms. The number of methoxy groups -OCH3 is 1. The summed E-state index contributed by atoms with van der Waals surface area (Å²) < 4.78 is 11.1. The molecular weight excluding hydrogens is 364 g/mol. The molecule has 0 amide bonds. The molecule has 3 aromatic carbocycles. The van der Waals surface area contributed by atoms with Crippen LogP contribution in [0, 0.1) is 0 Å². The average Bonchev–Trinajstić information content (AvgIpc) is 2.75. The van der Waals surface area contributed by atoms with Gasteiger partial charge in [0.1, 0.15) is 17.2 Å². The molecule has 0 saturated heterocycles. The first-order valence-corrected chi connectivity index (χ1v) is 9.08. The molecular formula is C23H20N4O2. The van der Waals surface area contributed by atoms with E-state index in [1.807, 2.05) is 78.9 Å². The van der Waals surface area contributed by atoms with Crippen molar-refractivity contribution in [1.29, 1.82) is 0 Å². The number of ether oxygens (including phenoxy) is 2. The standard InChI is InChI=1S/C23H20N4O2/c1-28-22-11-10-16(14-20(22)24)21-12-13-25-23(27-21)26-17-6-5-9-19(15-17)29-18-7-3-2-4-8-18/h2-15H,24H2,1H3,(H,25,26,27). The minimum Gasteiger partial charge on any atom is -0.495 e. The summed E-state index contributed by atoms with van der Waals surface area (Å²) >= 11 is 0. The van der Waals surface area contributed by atoms with E-state index in [2.05, 4.69) is 15.3 Å². The molecule has 29 heavy (non-hydrogen) atoms. The highest BCUT2D eigenvalue weighted by Gasteiger charge is 2.07. The van der Waals surface area contributed by atoms with Crippen LogP contribution in [0.2, 0.25) is 0 Å². The zero-order valence-electron chi connectivity index (χ0n) is 15.9. The van der Waals surface area contributed by atoms with E-state index < -0.39 is 0 Å². The summed E-state index contributed by atoms with van der Waals surface area (Å²) in [5.41, 5.74) is 9.04. The fourth-order valence-electron chi connectivity index (χ4n) is 2.86. The minimum absolute atomic E-state index is 0.480. The molecule has 6 heteroatoms. The Labute approximate surface area is 169 Å². The van der Waals surface area contributed by atoms with E-state index >= 15 is 0 Å². The lowest BCUT2D eigenvalue weighted by atomic mass is 10.1. The molecule has 0 aliphatic heterocycles. The number of nitrogens with zero attached hydrogens (tertiary/aromatic N) is 2. The SMILES string of the molecule is COc1ccc(-c2ccnc(Nc3cccc(Oc4ccccc4)c3)n2)cc1N. The Balaban J connectivity index is 1.54. The van der Waals surface area contributed by atoms with Gasteiger partial charge in [-0.05, 0) is 48.5 Å². The summed E-state index contributed by atoms with van der Waals surface area (Å²) in [6.07, 6.45) is 1.70. The van der Waals surface area contributed by atoms with Gasteiger partial charge in [-0.2, -0.15) is 0 Å². The predicted molar refractivity (Wildman–Crippen MR) is 115 cm³/mol. The molecule has 3 N–H and O–H groups in total. The number of benzene rings is 3. The van der Waals surface area contributed by atoms with Gasteiger partial charge in [-0.15, -0.1) is 0 Å². The second kappa shape index (κ2) is 8.31. The third-order valence-corrected chi connectivity index (χ3v) is 4.25. The second-order valence-corrected chi connectivity index (χ2v) is 6.29. The summed E-state index contributed by atoms with van der Waals surface area (Å²) in [5, 5.41) is 3.22. The highest BCUT2D eigenvalue weighted by atomic mass is 16.5. The number of hydrogen-bond acceptors (Lipinski definition) is 6. The van der Waals surface area contributed by atoms with Crippen molar-refractivity contribution in [3.05, 3.63) is 85.1 Å². The first-order chi connectivity index (χ1) is 14.2. The maximum atomic E-state index is 6.01. The number of hydrogen-bond donors (Lipinski definition) is 2. The van der Waals surface area contributed by atoms with E-state index in [9.17, 15) is 0 Å². The van der Waals surface area contributed by atoms with Crippen molar-refractivity contribution in [1.82, 2.24) is 9.97 Å². The third kappa shape index (κ3) is 4.44. The number of nitrogens with one attached hydrogen (secondary N) is 1. The van der Waals surface area contributed by atoms with Crippen molar-refractivity contribution in [2.24, 2.45) is 0 Å². The highest BCUT2D eigenvalue weighted by molar-refractivity contribution is 5.69. The smallest absolute Gasteiger partial charge is 0.227 e. The molecule has 0 aliphatic rings. The van der Waals surface area contributed by atoms with Crippen molar-refractivity contribution in [3.63, 3.8) is 0 Å². The number of para-hydroxylation sites is 1. The molecule has 1 aromatic heterocycles. The summed E-state index contributed by atoms with van der Waals surface area (Å²) in [5.74, 6) is 2.62. The molecule has 0 atom stereocenters. The first-order valence-electron chi connectivity index (χ1n) is 9.08. The first kappa shape index (κ1) is 18.3. The van der Waals surface area contributed by atoms with E-state index in [4.69, 9.17) is 15.2 Å². The van der Waals surface area contributed by atoms with E-state index in [0.29, 0.717) is 17.4 Å². The Bertz CT molecular complexity index is 1120. The van der Waals surface area contributed by atoms with Gasteiger partial charge in [-0.1, -0.05) is 24.3 Å². The Hall–Kier alpha value is -4.06. The van der Waals surface area contributed by atoms with Gasteiger partial charge in [0, 0.05) is 23.5 Å². The molecule has 144 valence electrons. The van der Waals surface area contributed by atoms with Gasteiger partial charge < -0.3 is 20.5 Å². The molecule has 0 unspecified atom stereocenters. The fourth-order valence-corrected chi connectivity index (χ4v) is 2.86. The molecule has 0 saturated carbocycles. The van der Waals surface area contributed by atoms with Crippen LogP contribution in [-0.4, -0.2) is 17.1 Å².